The molecule has 1 aromatic heterocycles. The van der Waals surface area contributed by atoms with Crippen LogP contribution in [0.1, 0.15) is 0 Å². The first kappa shape index (κ1) is 13.1. The zero-order chi connectivity index (χ0) is 14.5. The van der Waals surface area contributed by atoms with Crippen molar-refractivity contribution in [2.24, 2.45) is 0 Å². The summed E-state index contributed by atoms with van der Waals surface area (Å²) in [6, 6.07) is 19.9. The van der Waals surface area contributed by atoms with Crippen molar-refractivity contribution in [3.05, 3.63) is 66.9 Å². The van der Waals surface area contributed by atoms with Crippen molar-refractivity contribution < 1.29 is 4.74 Å². The zero-order valence-corrected chi connectivity index (χ0v) is 11.7. The van der Waals surface area contributed by atoms with E-state index in [0.717, 1.165) is 11.3 Å². The lowest BCUT2D eigenvalue weighted by Gasteiger charge is -2.07. The third-order valence-electron chi connectivity index (χ3n) is 3.04. The van der Waals surface area contributed by atoms with Crippen LogP contribution in [0.5, 0.6) is 11.6 Å². The van der Waals surface area contributed by atoms with E-state index in [4.69, 9.17) is 4.74 Å². The molecule has 21 heavy (non-hydrogen) atoms. The molecule has 1 N–H and O–H groups in total. The number of nitrogens with one attached hydrogen (secondary N) is 1. The summed E-state index contributed by atoms with van der Waals surface area (Å²) < 4.78 is 5.72. The predicted molar refractivity (Wildman–Crippen MR) is 83.5 cm³/mol. The minimum absolute atomic E-state index is 0.516. The maximum absolute atomic E-state index is 5.72. The molecule has 2 aromatic carbocycles. The van der Waals surface area contributed by atoms with Crippen molar-refractivity contribution in [3.63, 3.8) is 0 Å². The molecule has 3 rings (SSSR count). The molecule has 0 amide bonds. The Hall–Kier alpha value is -2.88. The highest BCUT2D eigenvalue weighted by atomic mass is 16.5. The zero-order valence-electron chi connectivity index (χ0n) is 11.7. The summed E-state index contributed by atoms with van der Waals surface area (Å²) in [6.07, 6.45) is 1.66. The van der Waals surface area contributed by atoms with Gasteiger partial charge in [0, 0.05) is 19.3 Å². The number of nitrogens with zero attached hydrogens (tertiary/aromatic N) is 2. The molecule has 0 bridgehead atoms. The van der Waals surface area contributed by atoms with Crippen LogP contribution in [0.3, 0.4) is 0 Å². The normalized spacial score (nSPS) is 10.1. The van der Waals surface area contributed by atoms with Gasteiger partial charge in [-0.25, -0.2) is 4.98 Å². The van der Waals surface area contributed by atoms with Gasteiger partial charge in [0.15, 0.2) is 0 Å². The van der Waals surface area contributed by atoms with Gasteiger partial charge >= 0.3 is 0 Å². The van der Waals surface area contributed by atoms with Gasteiger partial charge in [-0.05, 0) is 23.3 Å². The number of aromatic nitrogens is 2. The average Bonchev–Trinajstić information content (AvgIpc) is 2.56. The highest BCUT2D eigenvalue weighted by molar-refractivity contribution is 5.63. The summed E-state index contributed by atoms with van der Waals surface area (Å²) in [7, 11) is 1.77. The lowest BCUT2D eigenvalue weighted by atomic mass is 10.1. The predicted octanol–water partition coefficient (Wildman–Crippen LogP) is 3.98. The molecule has 0 spiro atoms. The number of hydrogen-bond donors (Lipinski definition) is 1. The first-order valence-corrected chi connectivity index (χ1v) is 6.69. The van der Waals surface area contributed by atoms with Crippen LogP contribution in [0, 0.1) is 0 Å². The monoisotopic (exact) mass is 277 g/mol. The highest BCUT2D eigenvalue weighted by Crippen LogP contribution is 2.24. The largest absolute Gasteiger partial charge is 0.439 e. The van der Waals surface area contributed by atoms with E-state index < -0.39 is 0 Å². The van der Waals surface area contributed by atoms with Crippen molar-refractivity contribution >= 4 is 5.95 Å². The second kappa shape index (κ2) is 6.05. The van der Waals surface area contributed by atoms with Gasteiger partial charge in [0.05, 0.1) is 0 Å². The summed E-state index contributed by atoms with van der Waals surface area (Å²) in [5.41, 5.74) is 2.34. The van der Waals surface area contributed by atoms with Crippen LogP contribution in [-0.2, 0) is 0 Å². The van der Waals surface area contributed by atoms with Crippen LogP contribution in [0.25, 0.3) is 11.1 Å². The van der Waals surface area contributed by atoms with Crippen LogP contribution >= 0.6 is 0 Å². The third-order valence-corrected chi connectivity index (χ3v) is 3.04. The van der Waals surface area contributed by atoms with Gasteiger partial charge in [-0.1, -0.05) is 42.5 Å². The Morgan fingerprint density at radius 1 is 0.857 bits per heavy atom. The quantitative estimate of drug-likeness (QED) is 0.783. The SMILES string of the molecule is CNc1nccc(Oc2ccc(-c3ccccc3)cc2)n1. The molecule has 0 unspecified atom stereocenters. The summed E-state index contributed by atoms with van der Waals surface area (Å²) in [5.74, 6) is 1.80. The van der Waals surface area contributed by atoms with E-state index in [1.807, 2.05) is 42.5 Å². The molecule has 0 aliphatic carbocycles. The number of hydrogen-bond acceptors (Lipinski definition) is 4. The molecule has 4 heteroatoms. The molecule has 3 aromatic rings. The summed E-state index contributed by atoms with van der Waals surface area (Å²) in [6.45, 7) is 0. The fourth-order valence-corrected chi connectivity index (χ4v) is 1.99. The maximum atomic E-state index is 5.72. The van der Waals surface area contributed by atoms with E-state index in [2.05, 4.69) is 27.4 Å². The van der Waals surface area contributed by atoms with Crippen molar-refractivity contribution in [2.45, 2.75) is 0 Å². The van der Waals surface area contributed by atoms with Crippen LogP contribution < -0.4 is 10.1 Å². The Kier molecular flexibility index (Phi) is 3.78. The van der Waals surface area contributed by atoms with Crippen LogP contribution in [0.15, 0.2) is 66.9 Å². The molecule has 0 aliphatic heterocycles. The Morgan fingerprint density at radius 3 is 2.29 bits per heavy atom. The van der Waals surface area contributed by atoms with Gasteiger partial charge in [0.2, 0.25) is 11.8 Å². The van der Waals surface area contributed by atoms with Crippen LogP contribution in [-0.4, -0.2) is 17.0 Å². The molecule has 0 atom stereocenters. The molecule has 0 radical (unpaired) electrons. The first-order valence-electron chi connectivity index (χ1n) is 6.69. The number of anilines is 1. The summed E-state index contributed by atoms with van der Waals surface area (Å²) >= 11 is 0. The fraction of sp³-hybridized carbons (Fsp3) is 0.0588. The Balaban J connectivity index is 1.78. The molecular formula is C17H15N3O. The van der Waals surface area contributed by atoms with Gasteiger partial charge in [-0.2, -0.15) is 4.98 Å². The topological polar surface area (TPSA) is 47.0 Å². The van der Waals surface area contributed by atoms with Crippen molar-refractivity contribution in [1.82, 2.24) is 9.97 Å². The highest BCUT2D eigenvalue weighted by Gasteiger charge is 2.02. The second-order valence-corrected chi connectivity index (χ2v) is 4.46. The van der Waals surface area contributed by atoms with Crippen molar-refractivity contribution in [3.8, 4) is 22.8 Å². The lowest BCUT2D eigenvalue weighted by Crippen LogP contribution is -1.97. The number of ether oxygens (including phenoxy) is 1. The number of rotatable bonds is 4. The van der Waals surface area contributed by atoms with Gasteiger partial charge in [0.1, 0.15) is 5.75 Å². The average molecular weight is 277 g/mol. The molecule has 1 heterocycles. The van der Waals surface area contributed by atoms with E-state index in [9.17, 15) is 0 Å². The molecule has 0 saturated heterocycles. The van der Waals surface area contributed by atoms with Gasteiger partial charge < -0.3 is 10.1 Å². The van der Waals surface area contributed by atoms with E-state index >= 15 is 0 Å². The van der Waals surface area contributed by atoms with Crippen LogP contribution in [0.2, 0.25) is 0 Å². The summed E-state index contributed by atoms with van der Waals surface area (Å²) in [4.78, 5) is 8.27. The number of benzene rings is 2. The van der Waals surface area contributed by atoms with Crippen molar-refractivity contribution in [1.29, 1.82) is 0 Å². The smallest absolute Gasteiger partial charge is 0.225 e. The van der Waals surface area contributed by atoms with E-state index in [1.165, 1.54) is 5.56 Å². The molecule has 4 nitrogen and oxygen atoms in total. The third kappa shape index (κ3) is 3.17. The van der Waals surface area contributed by atoms with E-state index in [1.54, 1.807) is 19.3 Å². The molecule has 0 fully saturated rings. The Labute approximate surface area is 123 Å². The van der Waals surface area contributed by atoms with Gasteiger partial charge in [-0.3, -0.25) is 0 Å². The second-order valence-electron chi connectivity index (χ2n) is 4.46. The lowest BCUT2D eigenvalue weighted by molar-refractivity contribution is 0.462. The summed E-state index contributed by atoms with van der Waals surface area (Å²) in [5, 5.41) is 2.88. The van der Waals surface area contributed by atoms with Crippen molar-refractivity contribution in [2.75, 3.05) is 12.4 Å². The minimum Gasteiger partial charge on any atom is -0.439 e. The minimum atomic E-state index is 0.516. The Morgan fingerprint density at radius 2 is 1.57 bits per heavy atom. The van der Waals surface area contributed by atoms with Gasteiger partial charge in [-0.15, -0.1) is 0 Å². The molecular weight excluding hydrogens is 262 g/mol. The Bertz CT molecular complexity index is 712. The van der Waals surface area contributed by atoms with Gasteiger partial charge in [0.25, 0.3) is 0 Å². The molecule has 0 saturated carbocycles. The molecule has 0 aliphatic rings. The first-order chi connectivity index (χ1) is 10.3. The van der Waals surface area contributed by atoms with E-state index in [0.29, 0.717) is 11.8 Å². The fourth-order valence-electron chi connectivity index (χ4n) is 1.99. The molecule has 104 valence electrons. The van der Waals surface area contributed by atoms with E-state index in [-0.39, 0.29) is 0 Å². The maximum Gasteiger partial charge on any atom is 0.225 e. The van der Waals surface area contributed by atoms with Crippen LogP contribution in [0.4, 0.5) is 5.95 Å². The standard InChI is InChI=1S/C17H15N3O/c1-18-17-19-12-11-16(20-17)21-15-9-7-14(8-10-15)13-5-3-2-4-6-13/h2-12H,1H3,(H,18,19,20).